The van der Waals surface area contributed by atoms with Crippen LogP contribution in [0.5, 0.6) is 0 Å². The van der Waals surface area contributed by atoms with Crippen molar-refractivity contribution in [2.75, 3.05) is 0 Å². The molecule has 0 radical (unpaired) electrons. The molecule has 7 heteroatoms. The van der Waals surface area contributed by atoms with Gasteiger partial charge in [-0.2, -0.15) is 0 Å². The molecule has 0 aliphatic carbocycles. The molecule has 0 aromatic carbocycles. The molecule has 0 saturated carbocycles. The number of alkyl halides is 2. The van der Waals surface area contributed by atoms with Crippen LogP contribution in [0, 0.1) is 0 Å². The van der Waals surface area contributed by atoms with Gasteiger partial charge in [-0.1, -0.05) is 23.2 Å². The molecule has 1 rings (SSSR count). The third kappa shape index (κ3) is 3.22. The van der Waals surface area contributed by atoms with Gasteiger partial charge in [-0.15, -0.1) is 10.2 Å². The van der Waals surface area contributed by atoms with Crippen LogP contribution in [0.25, 0.3) is 0 Å². The molecule has 2 N–H and O–H groups in total. The van der Waals surface area contributed by atoms with Crippen LogP contribution in [0.4, 0.5) is 8.78 Å². The summed E-state index contributed by atoms with van der Waals surface area (Å²) in [6, 6.07) is 1.38. The van der Waals surface area contributed by atoms with Crippen molar-refractivity contribution in [1.82, 2.24) is 10.2 Å². The Labute approximate surface area is 95.6 Å². The Balaban J connectivity index is 2.94. The molecule has 0 amide bonds. The fourth-order valence-corrected chi connectivity index (χ4v) is 1.33. The van der Waals surface area contributed by atoms with Crippen LogP contribution in [-0.4, -0.2) is 22.2 Å². The average molecular weight is 256 g/mol. The number of hydrogen-bond acceptors (Lipinski definition) is 3. The van der Waals surface area contributed by atoms with Gasteiger partial charge < -0.3 is 5.73 Å². The highest BCUT2D eigenvalue weighted by Gasteiger charge is 2.31. The predicted octanol–water partition coefficient (Wildman–Crippen LogP) is 2.31. The molecule has 0 bridgehead atoms. The maximum Gasteiger partial charge on any atom is 0.256 e. The van der Waals surface area contributed by atoms with Gasteiger partial charge in [-0.05, 0) is 25.0 Å². The van der Waals surface area contributed by atoms with E-state index in [0.717, 1.165) is 0 Å². The van der Waals surface area contributed by atoms with Crippen LogP contribution in [0.1, 0.15) is 12.5 Å². The summed E-state index contributed by atoms with van der Waals surface area (Å²) in [5, 5.41) is 7.11. The van der Waals surface area contributed by atoms with Crippen LogP contribution in [0.2, 0.25) is 10.3 Å². The molecule has 1 aromatic heterocycles. The lowest BCUT2D eigenvalue weighted by Gasteiger charge is -2.23. The summed E-state index contributed by atoms with van der Waals surface area (Å²) in [7, 11) is 0. The first-order valence-corrected chi connectivity index (χ1v) is 4.83. The smallest absolute Gasteiger partial charge is 0.256 e. The number of hydrogen-bond donors (Lipinski definition) is 1. The maximum absolute atomic E-state index is 12.5. The number of rotatable bonds is 3. The maximum atomic E-state index is 12.5. The molecular formula is C8H9Cl2F2N3. The highest BCUT2D eigenvalue weighted by atomic mass is 35.5. The van der Waals surface area contributed by atoms with Gasteiger partial charge in [0.15, 0.2) is 10.3 Å². The average Bonchev–Trinajstić information content (AvgIpc) is 2.10. The minimum Gasteiger partial charge on any atom is -0.320 e. The van der Waals surface area contributed by atoms with Crippen molar-refractivity contribution in [1.29, 1.82) is 0 Å². The summed E-state index contributed by atoms with van der Waals surface area (Å²) in [5.74, 6) is 0. The summed E-state index contributed by atoms with van der Waals surface area (Å²) < 4.78 is 25.0. The van der Waals surface area contributed by atoms with Gasteiger partial charge in [0.1, 0.15) is 0 Å². The van der Waals surface area contributed by atoms with Crippen molar-refractivity contribution >= 4 is 23.2 Å². The zero-order valence-corrected chi connectivity index (χ0v) is 9.36. The molecule has 15 heavy (non-hydrogen) atoms. The number of nitrogens with zero attached hydrogens (tertiary/aromatic N) is 2. The van der Waals surface area contributed by atoms with Gasteiger partial charge in [0.2, 0.25) is 0 Å². The van der Waals surface area contributed by atoms with Gasteiger partial charge in [-0.3, -0.25) is 0 Å². The van der Waals surface area contributed by atoms with Crippen molar-refractivity contribution in [3.63, 3.8) is 0 Å². The summed E-state index contributed by atoms with van der Waals surface area (Å²) in [4.78, 5) is 0. The third-order valence-electron chi connectivity index (χ3n) is 1.86. The van der Waals surface area contributed by atoms with Crippen molar-refractivity contribution in [2.45, 2.75) is 25.3 Å². The van der Waals surface area contributed by atoms with Gasteiger partial charge in [0.05, 0.1) is 5.54 Å². The first kappa shape index (κ1) is 12.5. The molecule has 0 saturated heterocycles. The monoisotopic (exact) mass is 255 g/mol. The van der Waals surface area contributed by atoms with Crippen LogP contribution in [-0.2, 0) is 6.42 Å². The summed E-state index contributed by atoms with van der Waals surface area (Å²) in [5.41, 5.74) is 4.12. The molecule has 0 aliphatic rings. The van der Waals surface area contributed by atoms with Gasteiger partial charge in [0, 0.05) is 0 Å². The first-order chi connectivity index (χ1) is 6.83. The largest absolute Gasteiger partial charge is 0.320 e. The van der Waals surface area contributed by atoms with Crippen LogP contribution in [0.15, 0.2) is 6.07 Å². The van der Waals surface area contributed by atoms with Gasteiger partial charge in [-0.25, -0.2) is 8.78 Å². The van der Waals surface area contributed by atoms with E-state index >= 15 is 0 Å². The second-order valence-corrected chi connectivity index (χ2v) is 4.21. The lowest BCUT2D eigenvalue weighted by molar-refractivity contribution is 0.0639. The Morgan fingerprint density at radius 2 is 2.07 bits per heavy atom. The fraction of sp³-hybridized carbons (Fsp3) is 0.500. The SMILES string of the molecule is CC(N)(Cc1cc(Cl)nnc1Cl)C(F)F. The fourth-order valence-electron chi connectivity index (χ4n) is 1.000. The van der Waals surface area contributed by atoms with Crippen molar-refractivity contribution in [2.24, 2.45) is 5.73 Å². The third-order valence-corrected chi connectivity index (χ3v) is 2.36. The standard InChI is InChI=1S/C8H9Cl2F2N3/c1-8(13,7(11)12)3-4-2-5(9)14-15-6(4)10/h2,7H,3,13H2,1H3. The van der Waals surface area contributed by atoms with Gasteiger partial charge in [0.25, 0.3) is 6.43 Å². The summed E-state index contributed by atoms with van der Waals surface area (Å²) in [6.45, 7) is 1.24. The number of nitrogens with two attached hydrogens (primary N) is 1. The van der Waals surface area contributed by atoms with E-state index in [2.05, 4.69) is 10.2 Å². The second-order valence-electron chi connectivity index (χ2n) is 3.47. The molecule has 0 spiro atoms. The van der Waals surface area contributed by atoms with Crippen LogP contribution in [0.3, 0.4) is 0 Å². The normalized spacial score (nSPS) is 15.4. The molecule has 0 fully saturated rings. The highest BCUT2D eigenvalue weighted by molar-refractivity contribution is 6.31. The molecule has 1 aromatic rings. The van der Waals surface area contributed by atoms with Crippen molar-refractivity contribution in [3.8, 4) is 0 Å². The van der Waals surface area contributed by atoms with E-state index in [1.165, 1.54) is 13.0 Å². The van der Waals surface area contributed by atoms with E-state index < -0.39 is 12.0 Å². The molecule has 3 nitrogen and oxygen atoms in total. The van der Waals surface area contributed by atoms with Crippen LogP contribution < -0.4 is 5.73 Å². The lowest BCUT2D eigenvalue weighted by atomic mass is 9.96. The summed E-state index contributed by atoms with van der Waals surface area (Å²) >= 11 is 11.2. The molecule has 0 aliphatic heterocycles. The summed E-state index contributed by atoms with van der Waals surface area (Å²) in [6.07, 6.45) is -2.76. The molecule has 1 unspecified atom stereocenters. The Bertz CT molecular complexity index is 358. The number of halogens is 4. The second kappa shape index (κ2) is 4.55. The quantitative estimate of drug-likeness (QED) is 0.902. The zero-order valence-electron chi connectivity index (χ0n) is 7.85. The Hall–Kier alpha value is -0.520. The van der Waals surface area contributed by atoms with Crippen LogP contribution >= 0.6 is 23.2 Å². The molecular weight excluding hydrogens is 247 g/mol. The molecule has 1 heterocycles. The van der Waals surface area contributed by atoms with Crippen molar-refractivity contribution in [3.05, 3.63) is 21.9 Å². The first-order valence-electron chi connectivity index (χ1n) is 4.07. The zero-order chi connectivity index (χ0) is 11.6. The van der Waals surface area contributed by atoms with E-state index in [9.17, 15) is 8.78 Å². The van der Waals surface area contributed by atoms with Gasteiger partial charge >= 0.3 is 0 Å². The Morgan fingerprint density at radius 1 is 1.47 bits per heavy atom. The van der Waals surface area contributed by atoms with E-state index in [1.54, 1.807) is 0 Å². The minimum atomic E-state index is -2.65. The van der Waals surface area contributed by atoms with E-state index in [1.807, 2.05) is 0 Å². The van der Waals surface area contributed by atoms with Crippen molar-refractivity contribution < 1.29 is 8.78 Å². The molecule has 1 atom stereocenters. The molecule has 84 valence electrons. The Morgan fingerprint density at radius 3 is 2.60 bits per heavy atom. The minimum absolute atomic E-state index is 0.0386. The lowest BCUT2D eigenvalue weighted by Crippen LogP contribution is -2.46. The van der Waals surface area contributed by atoms with E-state index in [0.29, 0.717) is 5.56 Å². The van der Waals surface area contributed by atoms with E-state index in [4.69, 9.17) is 28.9 Å². The predicted molar refractivity (Wildman–Crippen MR) is 54.4 cm³/mol. The topological polar surface area (TPSA) is 51.8 Å². The van der Waals surface area contributed by atoms with E-state index in [-0.39, 0.29) is 16.7 Å². The Kier molecular flexibility index (Phi) is 3.81. The highest BCUT2D eigenvalue weighted by Crippen LogP contribution is 2.23. The number of aromatic nitrogens is 2.